The quantitative estimate of drug-likeness (QED) is 0.541. The Kier molecular flexibility index (Phi) is 8.66. The van der Waals surface area contributed by atoms with Crippen molar-refractivity contribution in [3.05, 3.63) is 58.1 Å². The molecule has 0 bridgehead atoms. The van der Waals surface area contributed by atoms with Gasteiger partial charge in [0.2, 0.25) is 5.91 Å². The Morgan fingerprint density at radius 2 is 1.52 bits per heavy atom. The predicted octanol–water partition coefficient (Wildman–Crippen LogP) is 4.14. The highest BCUT2D eigenvalue weighted by atomic mass is 16.3. The molecular weight excluding hydrogens is 504 g/mol. The maximum Gasteiger partial charge on any atom is 0.258 e. The molecule has 8 nitrogen and oxygen atoms in total. The Hall–Kier alpha value is -3.10. The molecule has 216 valence electrons. The Balaban J connectivity index is 1.12. The van der Waals surface area contributed by atoms with Crippen LogP contribution in [0.1, 0.15) is 78.6 Å². The fourth-order valence-corrected chi connectivity index (χ4v) is 6.43. The molecule has 3 aliphatic heterocycles. The summed E-state index contributed by atoms with van der Waals surface area (Å²) in [6.45, 7) is 15.0. The standard InChI is InChI=1S/C32H44N4O4/c1-4-31(39)35-9-7-23(8-10-35)18-33-11-13-34(14-12-33)19-24-5-6-25-20-36(21-26(25)15-24)32(40)28-16-27(22(2)3)29(37)17-30(28)38/h5-6,15-17,22-23,37-38H,4,7-14,18-21H2,1-3H3. The second kappa shape index (κ2) is 12.2. The first kappa shape index (κ1) is 28.4. The number of benzene rings is 2. The molecule has 8 heteroatoms. The molecule has 2 amide bonds. The van der Waals surface area contributed by atoms with Crippen molar-refractivity contribution in [3.8, 4) is 11.5 Å². The number of phenolic OH excluding ortho intramolecular Hbond substituents is 2. The molecule has 2 aromatic carbocycles. The Bertz CT molecular complexity index is 1230. The molecule has 2 saturated heterocycles. The van der Waals surface area contributed by atoms with Crippen molar-refractivity contribution >= 4 is 11.8 Å². The molecule has 0 spiro atoms. The fourth-order valence-electron chi connectivity index (χ4n) is 6.43. The maximum absolute atomic E-state index is 13.3. The van der Waals surface area contributed by atoms with Gasteiger partial charge in [-0.3, -0.25) is 14.5 Å². The number of nitrogens with zero attached hydrogens (tertiary/aromatic N) is 4. The number of likely N-dealkylation sites (tertiary alicyclic amines) is 1. The lowest BCUT2D eigenvalue weighted by molar-refractivity contribution is -0.132. The van der Waals surface area contributed by atoms with Crippen LogP contribution in [0.4, 0.5) is 0 Å². The minimum Gasteiger partial charge on any atom is -0.508 e. The van der Waals surface area contributed by atoms with Crippen LogP contribution in [0, 0.1) is 5.92 Å². The van der Waals surface area contributed by atoms with Gasteiger partial charge in [-0.2, -0.15) is 0 Å². The van der Waals surface area contributed by atoms with Crippen molar-refractivity contribution in [1.29, 1.82) is 0 Å². The van der Waals surface area contributed by atoms with Gasteiger partial charge in [-0.15, -0.1) is 0 Å². The summed E-state index contributed by atoms with van der Waals surface area (Å²) in [5, 5.41) is 20.6. The normalized spacial score (nSPS) is 18.9. The second-order valence-corrected chi connectivity index (χ2v) is 12.1. The Labute approximate surface area is 238 Å². The topological polar surface area (TPSA) is 87.6 Å². The van der Waals surface area contributed by atoms with E-state index in [1.54, 1.807) is 11.0 Å². The molecule has 40 heavy (non-hydrogen) atoms. The zero-order chi connectivity index (χ0) is 28.4. The van der Waals surface area contributed by atoms with Crippen molar-refractivity contribution < 1.29 is 19.8 Å². The predicted molar refractivity (Wildman–Crippen MR) is 155 cm³/mol. The molecule has 0 saturated carbocycles. The summed E-state index contributed by atoms with van der Waals surface area (Å²) in [6.07, 6.45) is 2.84. The molecule has 5 rings (SSSR count). The third-order valence-electron chi connectivity index (χ3n) is 8.93. The summed E-state index contributed by atoms with van der Waals surface area (Å²) in [6, 6.07) is 9.46. The molecule has 0 aliphatic carbocycles. The van der Waals surface area contributed by atoms with E-state index in [1.807, 2.05) is 25.7 Å². The van der Waals surface area contributed by atoms with Crippen molar-refractivity contribution in [2.45, 2.75) is 65.6 Å². The summed E-state index contributed by atoms with van der Waals surface area (Å²) in [7, 11) is 0. The van der Waals surface area contributed by atoms with Gasteiger partial charge in [0.15, 0.2) is 0 Å². The van der Waals surface area contributed by atoms with Gasteiger partial charge >= 0.3 is 0 Å². The molecule has 0 radical (unpaired) electrons. The summed E-state index contributed by atoms with van der Waals surface area (Å²) in [4.78, 5) is 34.2. The first-order valence-electron chi connectivity index (χ1n) is 14.9. The number of carbonyl (C=O) groups excluding carboxylic acids is 2. The van der Waals surface area contributed by atoms with E-state index in [0.29, 0.717) is 31.0 Å². The molecule has 3 heterocycles. The van der Waals surface area contributed by atoms with Crippen LogP contribution < -0.4 is 0 Å². The molecule has 0 aromatic heterocycles. The van der Waals surface area contributed by atoms with Crippen LogP contribution in [-0.4, -0.2) is 87.4 Å². The van der Waals surface area contributed by atoms with E-state index in [9.17, 15) is 19.8 Å². The number of phenols is 2. The van der Waals surface area contributed by atoms with Crippen molar-refractivity contribution in [2.24, 2.45) is 5.92 Å². The number of carbonyl (C=O) groups is 2. The SMILES string of the molecule is CCC(=O)N1CCC(CN2CCN(Cc3ccc4c(c3)CN(C(=O)c3cc(C(C)C)c(O)cc3O)C4)CC2)CC1. The maximum atomic E-state index is 13.3. The van der Waals surface area contributed by atoms with Gasteiger partial charge < -0.3 is 24.9 Å². The fraction of sp³-hybridized carbons (Fsp3) is 0.562. The number of fused-ring (bicyclic) bond motifs is 1. The van der Waals surface area contributed by atoms with Gasteiger partial charge in [0.05, 0.1) is 5.56 Å². The van der Waals surface area contributed by atoms with Gasteiger partial charge in [-0.25, -0.2) is 0 Å². The Morgan fingerprint density at radius 1 is 0.850 bits per heavy atom. The minimum atomic E-state index is -0.212. The van der Waals surface area contributed by atoms with Crippen LogP contribution in [-0.2, 0) is 24.4 Å². The number of rotatable bonds is 7. The van der Waals surface area contributed by atoms with Gasteiger partial charge in [0.25, 0.3) is 5.91 Å². The first-order chi connectivity index (χ1) is 19.2. The van der Waals surface area contributed by atoms with E-state index in [2.05, 4.69) is 28.0 Å². The summed E-state index contributed by atoms with van der Waals surface area (Å²) < 4.78 is 0. The largest absolute Gasteiger partial charge is 0.508 e. The van der Waals surface area contributed by atoms with Crippen molar-refractivity contribution in [2.75, 3.05) is 45.8 Å². The lowest BCUT2D eigenvalue weighted by atomic mass is 9.95. The molecule has 3 aliphatic rings. The van der Waals surface area contributed by atoms with Crippen LogP contribution in [0.5, 0.6) is 11.5 Å². The average molecular weight is 549 g/mol. The van der Waals surface area contributed by atoms with E-state index in [1.165, 1.54) is 17.2 Å². The van der Waals surface area contributed by atoms with E-state index < -0.39 is 0 Å². The number of amides is 2. The van der Waals surface area contributed by atoms with Crippen LogP contribution >= 0.6 is 0 Å². The average Bonchev–Trinajstić information content (AvgIpc) is 3.37. The highest BCUT2D eigenvalue weighted by molar-refractivity contribution is 5.97. The van der Waals surface area contributed by atoms with E-state index >= 15 is 0 Å². The number of aromatic hydroxyl groups is 2. The van der Waals surface area contributed by atoms with Crippen molar-refractivity contribution in [1.82, 2.24) is 19.6 Å². The van der Waals surface area contributed by atoms with Crippen molar-refractivity contribution in [3.63, 3.8) is 0 Å². The smallest absolute Gasteiger partial charge is 0.258 e. The number of hydrogen-bond acceptors (Lipinski definition) is 6. The summed E-state index contributed by atoms with van der Waals surface area (Å²) >= 11 is 0. The van der Waals surface area contributed by atoms with Gasteiger partial charge in [-0.1, -0.05) is 39.0 Å². The van der Waals surface area contributed by atoms with E-state index in [-0.39, 0.29) is 34.8 Å². The summed E-state index contributed by atoms with van der Waals surface area (Å²) in [5.41, 5.74) is 4.49. The highest BCUT2D eigenvalue weighted by Gasteiger charge is 2.28. The van der Waals surface area contributed by atoms with Crippen LogP contribution in [0.2, 0.25) is 0 Å². The highest BCUT2D eigenvalue weighted by Crippen LogP contribution is 2.34. The number of piperazine rings is 1. The molecule has 0 atom stereocenters. The zero-order valence-electron chi connectivity index (χ0n) is 24.2. The molecule has 2 fully saturated rings. The Morgan fingerprint density at radius 3 is 2.20 bits per heavy atom. The molecular formula is C32H44N4O4. The zero-order valence-corrected chi connectivity index (χ0v) is 24.2. The van der Waals surface area contributed by atoms with E-state index in [0.717, 1.165) is 70.8 Å². The lowest BCUT2D eigenvalue weighted by Crippen LogP contribution is -2.48. The third kappa shape index (κ3) is 6.28. The first-order valence-corrected chi connectivity index (χ1v) is 14.9. The van der Waals surface area contributed by atoms with Crippen LogP contribution in [0.25, 0.3) is 0 Å². The molecule has 2 N–H and O–H groups in total. The van der Waals surface area contributed by atoms with Gasteiger partial charge in [-0.05, 0) is 53.0 Å². The molecule has 2 aromatic rings. The van der Waals surface area contributed by atoms with Gasteiger partial charge in [0.1, 0.15) is 11.5 Å². The second-order valence-electron chi connectivity index (χ2n) is 12.1. The van der Waals surface area contributed by atoms with Gasteiger partial charge in [0, 0.05) is 77.9 Å². The number of piperidine rings is 1. The van der Waals surface area contributed by atoms with Crippen LogP contribution in [0.15, 0.2) is 30.3 Å². The third-order valence-corrected chi connectivity index (χ3v) is 8.93. The number of hydrogen-bond donors (Lipinski definition) is 2. The van der Waals surface area contributed by atoms with Crippen LogP contribution in [0.3, 0.4) is 0 Å². The van der Waals surface area contributed by atoms with E-state index in [4.69, 9.17) is 0 Å². The monoisotopic (exact) mass is 548 g/mol. The summed E-state index contributed by atoms with van der Waals surface area (Å²) in [5.74, 6) is 0.647. The minimum absolute atomic E-state index is 0.0182. The molecule has 0 unspecified atom stereocenters. The lowest BCUT2D eigenvalue weighted by Gasteiger charge is -2.39.